The second-order valence-electron chi connectivity index (χ2n) is 7.85. The fourth-order valence-corrected chi connectivity index (χ4v) is 4.32. The van der Waals surface area contributed by atoms with Crippen LogP contribution in [0.4, 0.5) is 5.69 Å². The molecule has 0 bridgehead atoms. The van der Waals surface area contributed by atoms with E-state index >= 15 is 0 Å². The van der Waals surface area contributed by atoms with Gasteiger partial charge in [0.1, 0.15) is 18.2 Å². The first kappa shape index (κ1) is 22.5. The average molecular weight is 465 g/mol. The van der Waals surface area contributed by atoms with Crippen molar-refractivity contribution in [2.75, 3.05) is 5.32 Å². The van der Waals surface area contributed by atoms with Crippen molar-refractivity contribution in [3.05, 3.63) is 80.2 Å². The molecule has 9 heteroatoms. The Kier molecular flexibility index (Phi) is 6.41. The zero-order valence-corrected chi connectivity index (χ0v) is 19.4. The largest absolute Gasteiger partial charge is 0.458 e. The maximum Gasteiger partial charge on any atom is 0.329 e. The molecule has 33 heavy (non-hydrogen) atoms. The lowest BCUT2D eigenvalue weighted by molar-refractivity contribution is -0.145. The van der Waals surface area contributed by atoms with Crippen LogP contribution in [0.15, 0.2) is 52.6 Å². The number of nitrogens with one attached hydrogen (secondary N) is 1. The third-order valence-corrected chi connectivity index (χ3v) is 6.20. The van der Waals surface area contributed by atoms with Gasteiger partial charge in [-0.05, 0) is 43.2 Å². The van der Waals surface area contributed by atoms with E-state index in [-0.39, 0.29) is 31.2 Å². The van der Waals surface area contributed by atoms with Crippen LogP contribution < -0.4 is 11.0 Å². The summed E-state index contributed by atoms with van der Waals surface area (Å²) in [6, 6.07) is 13.2. The normalized spacial score (nSPS) is 11.0. The molecule has 1 amide bonds. The van der Waals surface area contributed by atoms with Gasteiger partial charge >= 0.3 is 11.7 Å². The smallest absolute Gasteiger partial charge is 0.329 e. The minimum Gasteiger partial charge on any atom is -0.458 e. The summed E-state index contributed by atoms with van der Waals surface area (Å²) in [5, 5.41) is 5.31. The SMILES string of the molecule is Cc1ccc(C)c(NC(=O)Cc2nc(COC(=O)Cn3c(=O)n(C)c4ccccc43)cs2)c1. The lowest BCUT2D eigenvalue weighted by Gasteiger charge is -2.08. The Morgan fingerprint density at radius 1 is 1.12 bits per heavy atom. The summed E-state index contributed by atoms with van der Waals surface area (Å²) in [4.78, 5) is 41.6. The van der Waals surface area contributed by atoms with Crippen molar-refractivity contribution in [3.8, 4) is 0 Å². The van der Waals surface area contributed by atoms with Crippen LogP contribution in [0.25, 0.3) is 11.0 Å². The van der Waals surface area contributed by atoms with Crippen LogP contribution in [0.5, 0.6) is 0 Å². The molecule has 0 unspecified atom stereocenters. The topological polar surface area (TPSA) is 95.2 Å². The van der Waals surface area contributed by atoms with Gasteiger partial charge in [-0.15, -0.1) is 11.3 Å². The molecule has 0 aliphatic carbocycles. The summed E-state index contributed by atoms with van der Waals surface area (Å²) in [6.07, 6.45) is 0.136. The highest BCUT2D eigenvalue weighted by atomic mass is 32.1. The Labute approximate surface area is 194 Å². The predicted octanol–water partition coefficient (Wildman–Crippen LogP) is 3.34. The highest BCUT2D eigenvalue weighted by molar-refractivity contribution is 7.09. The second kappa shape index (κ2) is 9.41. The Balaban J connectivity index is 1.33. The number of para-hydroxylation sites is 2. The van der Waals surface area contributed by atoms with Gasteiger partial charge in [-0.1, -0.05) is 24.3 Å². The minimum absolute atomic E-state index is 0.0204. The Morgan fingerprint density at radius 3 is 2.67 bits per heavy atom. The van der Waals surface area contributed by atoms with Gasteiger partial charge in [-0.3, -0.25) is 18.7 Å². The highest BCUT2D eigenvalue weighted by Crippen LogP contribution is 2.18. The highest BCUT2D eigenvalue weighted by Gasteiger charge is 2.15. The van der Waals surface area contributed by atoms with E-state index in [0.29, 0.717) is 16.2 Å². The maximum absolute atomic E-state index is 12.4. The van der Waals surface area contributed by atoms with Crippen molar-refractivity contribution < 1.29 is 14.3 Å². The number of hydrogen-bond donors (Lipinski definition) is 1. The van der Waals surface area contributed by atoms with Gasteiger partial charge in [-0.25, -0.2) is 9.78 Å². The molecule has 1 N–H and O–H groups in total. The van der Waals surface area contributed by atoms with Gasteiger partial charge in [-0.2, -0.15) is 0 Å². The zero-order chi connectivity index (χ0) is 23.5. The summed E-state index contributed by atoms with van der Waals surface area (Å²) in [7, 11) is 1.67. The summed E-state index contributed by atoms with van der Waals surface area (Å²) in [5.41, 5.74) is 4.55. The third-order valence-electron chi connectivity index (χ3n) is 5.30. The first-order valence-corrected chi connectivity index (χ1v) is 11.3. The molecule has 0 spiro atoms. The van der Waals surface area contributed by atoms with Crippen LogP contribution in [0, 0.1) is 13.8 Å². The second-order valence-corrected chi connectivity index (χ2v) is 8.80. The number of aromatic nitrogens is 3. The van der Waals surface area contributed by atoms with Gasteiger partial charge in [0, 0.05) is 18.1 Å². The molecule has 0 atom stereocenters. The number of fused-ring (bicyclic) bond motifs is 1. The van der Waals surface area contributed by atoms with E-state index in [2.05, 4.69) is 10.3 Å². The molecular weight excluding hydrogens is 440 g/mol. The van der Waals surface area contributed by atoms with Crippen LogP contribution in [0.3, 0.4) is 0 Å². The molecule has 170 valence electrons. The minimum atomic E-state index is -0.532. The Hall–Kier alpha value is -3.72. The fraction of sp³-hybridized carbons (Fsp3) is 0.250. The summed E-state index contributed by atoms with van der Waals surface area (Å²) < 4.78 is 8.21. The average Bonchev–Trinajstić information content (AvgIpc) is 3.33. The third kappa shape index (κ3) is 5.04. The van der Waals surface area contributed by atoms with Gasteiger partial charge in [0.2, 0.25) is 5.91 Å². The van der Waals surface area contributed by atoms with Crippen molar-refractivity contribution in [2.24, 2.45) is 7.05 Å². The predicted molar refractivity (Wildman–Crippen MR) is 127 cm³/mol. The van der Waals surface area contributed by atoms with E-state index in [1.165, 1.54) is 20.5 Å². The summed E-state index contributed by atoms with van der Waals surface area (Å²) >= 11 is 1.34. The van der Waals surface area contributed by atoms with Gasteiger partial charge in [0.25, 0.3) is 0 Å². The number of thiazole rings is 1. The molecule has 0 radical (unpaired) electrons. The summed E-state index contributed by atoms with van der Waals surface area (Å²) in [6.45, 7) is 3.71. The molecular formula is C24H24N4O4S. The Morgan fingerprint density at radius 2 is 1.88 bits per heavy atom. The molecule has 0 fully saturated rings. The number of aryl methyl sites for hydroxylation is 3. The lowest BCUT2D eigenvalue weighted by atomic mass is 10.1. The van der Waals surface area contributed by atoms with Crippen molar-refractivity contribution in [1.29, 1.82) is 0 Å². The number of carbonyl (C=O) groups excluding carboxylic acids is 2. The van der Waals surface area contributed by atoms with Gasteiger partial charge in [0.15, 0.2) is 0 Å². The van der Waals surface area contributed by atoms with E-state index in [1.807, 2.05) is 50.2 Å². The van der Waals surface area contributed by atoms with Crippen molar-refractivity contribution >= 4 is 39.9 Å². The fourth-order valence-electron chi connectivity index (χ4n) is 3.54. The van der Waals surface area contributed by atoms with Crippen LogP contribution >= 0.6 is 11.3 Å². The van der Waals surface area contributed by atoms with Gasteiger partial charge in [0.05, 0.1) is 23.1 Å². The lowest BCUT2D eigenvalue weighted by Crippen LogP contribution is -2.26. The van der Waals surface area contributed by atoms with E-state index in [9.17, 15) is 14.4 Å². The quantitative estimate of drug-likeness (QED) is 0.423. The number of ether oxygens (including phenoxy) is 1. The molecule has 0 saturated heterocycles. The molecule has 2 aromatic heterocycles. The number of benzene rings is 2. The first-order chi connectivity index (χ1) is 15.8. The van der Waals surface area contributed by atoms with Crippen LogP contribution in [-0.4, -0.2) is 26.0 Å². The van der Waals surface area contributed by atoms with Crippen molar-refractivity contribution in [3.63, 3.8) is 0 Å². The number of imidazole rings is 1. The van der Waals surface area contributed by atoms with E-state index in [0.717, 1.165) is 22.3 Å². The molecule has 0 aliphatic rings. The molecule has 8 nitrogen and oxygen atoms in total. The number of hydrogen-bond acceptors (Lipinski definition) is 6. The standard InChI is InChI=1S/C24H24N4O4S/c1-15-8-9-16(2)18(10-15)26-21(29)11-22-25-17(14-33-22)13-32-23(30)12-28-20-7-5-4-6-19(20)27(3)24(28)31/h4-10,14H,11-13H2,1-3H3,(H,26,29). The molecule has 2 aromatic carbocycles. The van der Waals surface area contributed by atoms with Crippen LogP contribution in [-0.2, 0) is 40.9 Å². The molecule has 0 aliphatic heterocycles. The van der Waals surface area contributed by atoms with E-state index in [1.54, 1.807) is 18.5 Å². The number of amides is 1. The molecule has 2 heterocycles. The molecule has 4 aromatic rings. The number of nitrogens with zero attached hydrogens (tertiary/aromatic N) is 3. The van der Waals surface area contributed by atoms with Crippen LogP contribution in [0.1, 0.15) is 21.8 Å². The van der Waals surface area contributed by atoms with E-state index in [4.69, 9.17) is 4.74 Å². The zero-order valence-electron chi connectivity index (χ0n) is 18.6. The van der Waals surface area contributed by atoms with Crippen molar-refractivity contribution in [1.82, 2.24) is 14.1 Å². The molecule has 4 rings (SSSR count). The number of anilines is 1. The van der Waals surface area contributed by atoms with E-state index < -0.39 is 5.97 Å². The Bertz CT molecular complexity index is 1400. The van der Waals surface area contributed by atoms with Gasteiger partial charge < -0.3 is 10.1 Å². The van der Waals surface area contributed by atoms with Crippen molar-refractivity contribution in [2.45, 2.75) is 33.4 Å². The number of esters is 1. The summed E-state index contributed by atoms with van der Waals surface area (Å²) in [5.74, 6) is -0.687. The number of carbonyl (C=O) groups is 2. The number of rotatable bonds is 7. The monoisotopic (exact) mass is 464 g/mol. The first-order valence-electron chi connectivity index (χ1n) is 10.4. The van der Waals surface area contributed by atoms with Crippen LogP contribution in [0.2, 0.25) is 0 Å². The molecule has 0 saturated carbocycles. The maximum atomic E-state index is 12.4.